The maximum Gasteiger partial charge on any atom is 0.258 e. The van der Waals surface area contributed by atoms with Gasteiger partial charge in [-0.3, -0.25) is 10.1 Å². The zero-order valence-electron chi connectivity index (χ0n) is 20.1. The fourth-order valence-electron chi connectivity index (χ4n) is 4.35. The van der Waals surface area contributed by atoms with Crippen LogP contribution in [0.15, 0.2) is 40.9 Å². The van der Waals surface area contributed by atoms with Gasteiger partial charge >= 0.3 is 0 Å². The number of nitrogens with one attached hydrogen (secondary N) is 1. The first kappa shape index (κ1) is 23.5. The van der Waals surface area contributed by atoms with Crippen LogP contribution in [-0.2, 0) is 11.2 Å². The van der Waals surface area contributed by atoms with Crippen molar-refractivity contribution < 1.29 is 14.1 Å². The van der Waals surface area contributed by atoms with Crippen LogP contribution in [0.25, 0.3) is 22.8 Å². The van der Waals surface area contributed by atoms with Gasteiger partial charge in [-0.25, -0.2) is 0 Å². The molecule has 1 heterocycles. The number of carbonyl (C=O) groups excluding carboxylic acids is 1. The quantitative estimate of drug-likeness (QED) is 0.567. The van der Waals surface area contributed by atoms with E-state index in [4.69, 9.17) is 9.26 Å². The molecule has 1 N–H and O–H groups in total. The average Bonchev–Trinajstić information content (AvgIpc) is 3.46. The summed E-state index contributed by atoms with van der Waals surface area (Å²) in [7, 11) is 3.53. The fraction of sp³-hybridized carbons (Fsp3) is 0.385. The number of carbonyl (C=O) groups is 1. The van der Waals surface area contributed by atoms with Crippen LogP contribution in [0.2, 0.25) is 0 Å². The second-order valence-electron chi connectivity index (χ2n) is 9.00. The van der Waals surface area contributed by atoms with Gasteiger partial charge in [-0.2, -0.15) is 10.2 Å². The Bertz CT molecular complexity index is 1240. The third-order valence-corrected chi connectivity index (χ3v) is 5.91. The molecule has 1 amide bonds. The Morgan fingerprint density at radius 2 is 2.06 bits per heavy atom. The summed E-state index contributed by atoms with van der Waals surface area (Å²) in [6, 6.07) is 13.3. The average molecular weight is 460 g/mol. The van der Waals surface area contributed by atoms with Gasteiger partial charge in [0.15, 0.2) is 0 Å². The van der Waals surface area contributed by atoms with Gasteiger partial charge in [0.05, 0.1) is 17.7 Å². The van der Waals surface area contributed by atoms with Gasteiger partial charge in [0.1, 0.15) is 11.8 Å². The lowest BCUT2D eigenvalue weighted by Gasteiger charge is -2.22. The highest BCUT2D eigenvalue weighted by atomic mass is 16.5. The first-order valence-corrected chi connectivity index (χ1v) is 11.4. The highest BCUT2D eigenvalue weighted by Gasteiger charge is 2.29. The number of likely N-dealkylation sites (N-methyl/N-ethyl adjacent to an activating group) is 1. The van der Waals surface area contributed by atoms with Crippen LogP contribution >= 0.6 is 0 Å². The molecule has 176 valence electrons. The zero-order chi connectivity index (χ0) is 24.4. The number of nitrogens with zero attached hydrogens (tertiary/aromatic N) is 4. The SMILES string of the molecule is CC(C)Oc1ccc(-c2nc(-c3cccc4c3CCC4NC(C)C(=O)N(C)C)no2)cc1C#N. The van der Waals surface area contributed by atoms with E-state index in [9.17, 15) is 10.1 Å². The monoisotopic (exact) mass is 459 g/mol. The van der Waals surface area contributed by atoms with Crippen molar-refractivity contribution in [2.24, 2.45) is 0 Å². The number of rotatable bonds is 7. The Morgan fingerprint density at radius 3 is 2.76 bits per heavy atom. The van der Waals surface area contributed by atoms with Crippen LogP contribution in [0, 0.1) is 11.3 Å². The standard InChI is InChI=1S/C26H29N5O3/c1-15(2)33-23-12-9-17(13-18(23)14-27)25-29-24(30-34-25)21-8-6-7-20-19(21)10-11-22(20)28-16(3)26(32)31(4)5/h6-9,12-13,15-16,22,28H,10-11H2,1-5H3. The largest absolute Gasteiger partial charge is 0.490 e. The lowest BCUT2D eigenvalue weighted by Crippen LogP contribution is -2.42. The maximum atomic E-state index is 12.3. The first-order valence-electron chi connectivity index (χ1n) is 11.4. The molecule has 0 bridgehead atoms. The lowest BCUT2D eigenvalue weighted by molar-refractivity contribution is -0.130. The Labute approximate surface area is 199 Å². The Hall–Kier alpha value is -3.70. The molecule has 1 aliphatic carbocycles. The number of amides is 1. The van der Waals surface area contributed by atoms with Crippen LogP contribution in [0.3, 0.4) is 0 Å². The van der Waals surface area contributed by atoms with Crippen molar-refractivity contribution in [1.29, 1.82) is 5.26 Å². The third kappa shape index (κ3) is 4.66. The van der Waals surface area contributed by atoms with Gasteiger partial charge in [0.2, 0.25) is 11.7 Å². The molecule has 2 atom stereocenters. The highest BCUT2D eigenvalue weighted by molar-refractivity contribution is 5.81. The molecule has 0 fully saturated rings. The van der Waals surface area contributed by atoms with E-state index in [1.807, 2.05) is 39.0 Å². The molecule has 2 aromatic carbocycles. The smallest absolute Gasteiger partial charge is 0.258 e. The minimum Gasteiger partial charge on any atom is -0.490 e. The number of fused-ring (bicyclic) bond motifs is 1. The Morgan fingerprint density at radius 1 is 1.26 bits per heavy atom. The number of ether oxygens (including phenoxy) is 1. The van der Waals surface area contributed by atoms with Crippen molar-refractivity contribution in [2.75, 3.05) is 14.1 Å². The van der Waals surface area contributed by atoms with Crippen molar-refractivity contribution in [3.05, 3.63) is 53.1 Å². The molecule has 4 rings (SSSR count). The van der Waals surface area contributed by atoms with E-state index < -0.39 is 0 Å². The highest BCUT2D eigenvalue weighted by Crippen LogP contribution is 2.38. The molecule has 34 heavy (non-hydrogen) atoms. The molecule has 1 aliphatic rings. The molecule has 2 unspecified atom stereocenters. The van der Waals surface area contributed by atoms with Crippen LogP contribution < -0.4 is 10.1 Å². The summed E-state index contributed by atoms with van der Waals surface area (Å²) in [5.41, 5.74) is 4.32. The molecule has 1 aromatic heterocycles. The van der Waals surface area contributed by atoms with E-state index in [2.05, 4.69) is 27.6 Å². The zero-order valence-corrected chi connectivity index (χ0v) is 20.1. The van der Waals surface area contributed by atoms with Crippen molar-refractivity contribution in [2.45, 2.75) is 51.8 Å². The molecule has 0 radical (unpaired) electrons. The summed E-state index contributed by atoms with van der Waals surface area (Å²) in [6.07, 6.45) is 1.72. The van der Waals surface area contributed by atoms with Crippen LogP contribution in [0.5, 0.6) is 5.75 Å². The topological polar surface area (TPSA) is 104 Å². The summed E-state index contributed by atoms with van der Waals surface area (Å²) in [6.45, 7) is 5.72. The van der Waals surface area contributed by atoms with E-state index in [1.165, 1.54) is 0 Å². The van der Waals surface area contributed by atoms with Crippen molar-refractivity contribution in [1.82, 2.24) is 20.4 Å². The van der Waals surface area contributed by atoms with Gasteiger partial charge in [0, 0.05) is 31.3 Å². The normalized spacial score (nSPS) is 15.6. The summed E-state index contributed by atoms with van der Waals surface area (Å²) in [5.74, 6) is 1.43. The lowest BCUT2D eigenvalue weighted by atomic mass is 10.0. The van der Waals surface area contributed by atoms with E-state index in [0.29, 0.717) is 28.6 Å². The first-order chi connectivity index (χ1) is 16.3. The van der Waals surface area contributed by atoms with Crippen LogP contribution in [-0.4, -0.2) is 47.2 Å². The predicted octanol–water partition coefficient (Wildman–Crippen LogP) is 4.12. The summed E-state index contributed by atoms with van der Waals surface area (Å²) >= 11 is 0. The molecular formula is C26H29N5O3. The van der Waals surface area contributed by atoms with E-state index in [0.717, 1.165) is 29.5 Å². The van der Waals surface area contributed by atoms with Crippen molar-refractivity contribution >= 4 is 5.91 Å². The van der Waals surface area contributed by atoms with Crippen molar-refractivity contribution in [3.8, 4) is 34.7 Å². The summed E-state index contributed by atoms with van der Waals surface area (Å²) < 4.78 is 11.3. The Kier molecular flexibility index (Phi) is 6.66. The second kappa shape index (κ2) is 9.65. The van der Waals surface area contributed by atoms with Gasteiger partial charge in [-0.1, -0.05) is 23.4 Å². The minimum absolute atomic E-state index is 0.0320. The summed E-state index contributed by atoms with van der Waals surface area (Å²) in [5, 5.41) is 17.2. The van der Waals surface area contributed by atoms with Crippen LogP contribution in [0.4, 0.5) is 0 Å². The molecule has 0 saturated carbocycles. The predicted molar refractivity (Wildman–Crippen MR) is 128 cm³/mol. The van der Waals surface area contributed by atoms with E-state index in [1.54, 1.807) is 31.1 Å². The van der Waals surface area contributed by atoms with E-state index >= 15 is 0 Å². The molecule has 3 aromatic rings. The molecule has 0 spiro atoms. The second-order valence-corrected chi connectivity index (χ2v) is 9.00. The fourth-order valence-corrected chi connectivity index (χ4v) is 4.35. The number of hydrogen-bond donors (Lipinski definition) is 1. The Balaban J connectivity index is 1.59. The van der Waals surface area contributed by atoms with E-state index in [-0.39, 0.29) is 24.1 Å². The van der Waals surface area contributed by atoms with Gasteiger partial charge < -0.3 is 14.2 Å². The van der Waals surface area contributed by atoms with Gasteiger partial charge in [0.25, 0.3) is 5.89 Å². The molecule has 8 nitrogen and oxygen atoms in total. The van der Waals surface area contributed by atoms with Gasteiger partial charge in [-0.15, -0.1) is 0 Å². The minimum atomic E-state index is -0.275. The molecule has 8 heteroatoms. The third-order valence-electron chi connectivity index (χ3n) is 5.91. The molecule has 0 saturated heterocycles. The number of aromatic nitrogens is 2. The van der Waals surface area contributed by atoms with Crippen molar-refractivity contribution in [3.63, 3.8) is 0 Å². The number of nitriles is 1. The van der Waals surface area contributed by atoms with Gasteiger partial charge in [-0.05, 0) is 62.9 Å². The summed E-state index contributed by atoms with van der Waals surface area (Å²) in [4.78, 5) is 18.5. The maximum absolute atomic E-state index is 12.3. The number of hydrogen-bond acceptors (Lipinski definition) is 7. The van der Waals surface area contributed by atoms with Crippen LogP contribution in [0.1, 0.15) is 49.9 Å². The molecular weight excluding hydrogens is 430 g/mol. The number of benzene rings is 2. The molecule has 0 aliphatic heterocycles.